The van der Waals surface area contributed by atoms with Crippen molar-refractivity contribution in [3.63, 3.8) is 0 Å². The second-order valence-corrected chi connectivity index (χ2v) is 7.57. The molecule has 2 aliphatic heterocycles. The number of hydrogen-bond donors (Lipinski definition) is 0. The van der Waals surface area contributed by atoms with Crippen LogP contribution in [0.25, 0.3) is 0 Å². The average molecular weight is 386 g/mol. The molecular weight excluding hydrogens is 362 g/mol. The highest BCUT2D eigenvalue weighted by Gasteiger charge is 2.26. The molecule has 0 aliphatic carbocycles. The van der Waals surface area contributed by atoms with Gasteiger partial charge in [0, 0.05) is 44.0 Å². The van der Waals surface area contributed by atoms with Gasteiger partial charge in [0.15, 0.2) is 0 Å². The summed E-state index contributed by atoms with van der Waals surface area (Å²) in [5, 5.41) is 0.700. The first-order chi connectivity index (χ1) is 13.2. The summed E-state index contributed by atoms with van der Waals surface area (Å²) in [6.45, 7) is 3.43. The minimum atomic E-state index is 0.0148. The number of carbonyl (C=O) groups excluding carboxylic acids is 1. The van der Waals surface area contributed by atoms with E-state index in [0.29, 0.717) is 23.8 Å². The van der Waals surface area contributed by atoms with E-state index in [4.69, 9.17) is 16.3 Å². The van der Waals surface area contributed by atoms with Gasteiger partial charge in [-0.15, -0.1) is 0 Å². The summed E-state index contributed by atoms with van der Waals surface area (Å²) in [6, 6.07) is 13.2. The third kappa shape index (κ3) is 4.35. The topological polar surface area (TPSA) is 45.7 Å². The molecule has 0 radical (unpaired) electrons. The number of likely N-dealkylation sites (tertiary alicyclic amines) is 1. The van der Waals surface area contributed by atoms with Gasteiger partial charge in [0.2, 0.25) is 0 Å². The summed E-state index contributed by atoms with van der Waals surface area (Å²) < 4.78 is 6.01. The molecule has 0 spiro atoms. The Hall–Kier alpha value is -2.27. The first-order valence-electron chi connectivity index (χ1n) is 9.62. The van der Waals surface area contributed by atoms with Gasteiger partial charge in [0.25, 0.3) is 5.91 Å². The maximum absolute atomic E-state index is 12.9. The average Bonchev–Trinajstić information content (AvgIpc) is 3.25. The van der Waals surface area contributed by atoms with Crippen molar-refractivity contribution in [2.75, 3.05) is 31.1 Å². The molecule has 27 heavy (non-hydrogen) atoms. The number of piperidine rings is 1. The molecule has 3 heterocycles. The Morgan fingerprint density at radius 1 is 1.00 bits per heavy atom. The fraction of sp³-hybridized carbons (Fsp3) is 0.429. The van der Waals surface area contributed by atoms with Crippen LogP contribution in [0.4, 0.5) is 5.82 Å². The van der Waals surface area contributed by atoms with Crippen molar-refractivity contribution >= 4 is 23.3 Å². The lowest BCUT2D eigenvalue weighted by molar-refractivity contribution is 0.0590. The summed E-state index contributed by atoms with van der Waals surface area (Å²) in [4.78, 5) is 21.6. The van der Waals surface area contributed by atoms with Crippen LogP contribution in [0.3, 0.4) is 0 Å². The lowest BCUT2D eigenvalue weighted by Crippen LogP contribution is -2.42. The van der Waals surface area contributed by atoms with E-state index >= 15 is 0 Å². The quantitative estimate of drug-likeness (QED) is 0.797. The molecule has 0 N–H and O–H groups in total. The molecule has 0 bridgehead atoms. The van der Waals surface area contributed by atoms with E-state index < -0.39 is 0 Å². The predicted octanol–water partition coefficient (Wildman–Crippen LogP) is 4.02. The fourth-order valence-electron chi connectivity index (χ4n) is 3.71. The van der Waals surface area contributed by atoms with Crippen molar-refractivity contribution in [2.24, 2.45) is 0 Å². The number of benzene rings is 1. The van der Waals surface area contributed by atoms with Gasteiger partial charge in [-0.3, -0.25) is 4.79 Å². The van der Waals surface area contributed by atoms with Crippen LogP contribution in [0, 0.1) is 0 Å². The molecule has 2 aromatic rings. The molecule has 142 valence electrons. The maximum Gasteiger partial charge on any atom is 0.272 e. The molecule has 2 aliphatic rings. The molecule has 5 nitrogen and oxygen atoms in total. The van der Waals surface area contributed by atoms with E-state index in [1.165, 1.54) is 12.8 Å². The predicted molar refractivity (Wildman–Crippen MR) is 107 cm³/mol. The number of ether oxygens (including phenoxy) is 1. The molecule has 4 rings (SSSR count). The van der Waals surface area contributed by atoms with E-state index in [1.54, 1.807) is 0 Å². The highest BCUT2D eigenvalue weighted by molar-refractivity contribution is 6.30. The van der Waals surface area contributed by atoms with Gasteiger partial charge in [-0.1, -0.05) is 17.7 Å². The van der Waals surface area contributed by atoms with Gasteiger partial charge in [0.05, 0.1) is 0 Å². The molecule has 2 fully saturated rings. The Labute approximate surface area is 164 Å². The number of rotatable bonds is 4. The Kier molecular flexibility index (Phi) is 5.48. The summed E-state index contributed by atoms with van der Waals surface area (Å²) in [6.07, 6.45) is 4.15. The molecule has 1 aromatic heterocycles. The molecule has 0 unspecified atom stereocenters. The minimum absolute atomic E-state index is 0.0148. The van der Waals surface area contributed by atoms with E-state index in [2.05, 4.69) is 9.88 Å². The Bertz CT molecular complexity index is 782. The van der Waals surface area contributed by atoms with Crippen LogP contribution in [0.1, 0.15) is 36.2 Å². The van der Waals surface area contributed by atoms with Crippen LogP contribution in [0.2, 0.25) is 5.02 Å². The Morgan fingerprint density at radius 2 is 1.70 bits per heavy atom. The molecule has 2 saturated heterocycles. The zero-order valence-corrected chi connectivity index (χ0v) is 16.1. The number of halogens is 1. The first kappa shape index (κ1) is 18.1. The molecule has 0 atom stereocenters. The van der Waals surface area contributed by atoms with Gasteiger partial charge in [-0.05, 0) is 49.2 Å². The van der Waals surface area contributed by atoms with Gasteiger partial charge in [-0.2, -0.15) is 0 Å². The second-order valence-electron chi connectivity index (χ2n) is 7.14. The number of nitrogens with zero attached hydrogens (tertiary/aromatic N) is 3. The normalized spacial score (nSPS) is 18.0. The number of carbonyl (C=O) groups is 1. The van der Waals surface area contributed by atoms with Crippen LogP contribution in [-0.2, 0) is 0 Å². The Balaban J connectivity index is 1.34. The highest BCUT2D eigenvalue weighted by Crippen LogP contribution is 2.23. The van der Waals surface area contributed by atoms with E-state index in [0.717, 1.165) is 37.5 Å². The fourth-order valence-corrected chi connectivity index (χ4v) is 3.84. The summed E-state index contributed by atoms with van der Waals surface area (Å²) in [5.41, 5.74) is 0.538. The molecular formula is C21H24ClN3O2. The zero-order chi connectivity index (χ0) is 18.6. The van der Waals surface area contributed by atoms with Crippen LogP contribution in [-0.4, -0.2) is 48.1 Å². The molecule has 6 heteroatoms. The lowest BCUT2D eigenvalue weighted by Gasteiger charge is -2.32. The lowest BCUT2D eigenvalue weighted by atomic mass is 10.1. The highest BCUT2D eigenvalue weighted by atomic mass is 35.5. The third-order valence-electron chi connectivity index (χ3n) is 5.23. The maximum atomic E-state index is 12.9. The zero-order valence-electron chi connectivity index (χ0n) is 15.3. The smallest absolute Gasteiger partial charge is 0.272 e. The van der Waals surface area contributed by atoms with Crippen molar-refractivity contribution in [3.8, 4) is 5.75 Å². The van der Waals surface area contributed by atoms with E-state index in [1.807, 2.05) is 47.4 Å². The van der Waals surface area contributed by atoms with E-state index in [-0.39, 0.29) is 12.0 Å². The van der Waals surface area contributed by atoms with Crippen molar-refractivity contribution in [1.29, 1.82) is 0 Å². The minimum Gasteiger partial charge on any atom is -0.490 e. The summed E-state index contributed by atoms with van der Waals surface area (Å²) in [7, 11) is 0. The van der Waals surface area contributed by atoms with Gasteiger partial charge in [0.1, 0.15) is 23.4 Å². The van der Waals surface area contributed by atoms with Gasteiger partial charge < -0.3 is 14.5 Å². The van der Waals surface area contributed by atoms with Crippen LogP contribution in [0.5, 0.6) is 5.75 Å². The largest absolute Gasteiger partial charge is 0.490 e. The van der Waals surface area contributed by atoms with Crippen molar-refractivity contribution in [2.45, 2.75) is 31.8 Å². The third-order valence-corrected chi connectivity index (χ3v) is 5.48. The first-order valence-corrected chi connectivity index (χ1v) is 10.0. The number of amides is 1. The van der Waals surface area contributed by atoms with Crippen LogP contribution < -0.4 is 9.64 Å². The second kappa shape index (κ2) is 8.17. The van der Waals surface area contributed by atoms with Gasteiger partial charge >= 0.3 is 0 Å². The van der Waals surface area contributed by atoms with Crippen LogP contribution in [0.15, 0.2) is 42.5 Å². The molecule has 0 saturated carbocycles. The SMILES string of the molecule is O=C(c1cccc(N2CCCC2)n1)N1CCC(Oc2ccc(Cl)cc2)CC1. The molecule has 1 amide bonds. The summed E-state index contributed by atoms with van der Waals surface area (Å²) in [5.74, 6) is 1.75. The van der Waals surface area contributed by atoms with E-state index in [9.17, 15) is 4.79 Å². The molecule has 1 aromatic carbocycles. The van der Waals surface area contributed by atoms with Gasteiger partial charge in [-0.25, -0.2) is 4.98 Å². The number of hydrogen-bond acceptors (Lipinski definition) is 4. The summed E-state index contributed by atoms with van der Waals surface area (Å²) >= 11 is 5.91. The number of pyridine rings is 1. The van der Waals surface area contributed by atoms with Crippen molar-refractivity contribution in [1.82, 2.24) is 9.88 Å². The number of aromatic nitrogens is 1. The standard InChI is InChI=1S/C21H24ClN3O2/c22-16-6-8-17(9-7-16)27-18-10-14-25(15-11-18)21(26)19-4-3-5-20(23-19)24-12-1-2-13-24/h3-9,18H,1-2,10-15H2. The monoisotopic (exact) mass is 385 g/mol. The van der Waals surface area contributed by atoms with Crippen molar-refractivity contribution in [3.05, 3.63) is 53.2 Å². The van der Waals surface area contributed by atoms with Crippen molar-refractivity contribution < 1.29 is 9.53 Å². The Morgan fingerprint density at radius 3 is 2.41 bits per heavy atom. The van der Waals surface area contributed by atoms with Crippen LogP contribution >= 0.6 is 11.6 Å². The number of anilines is 1.